The minimum absolute atomic E-state index is 0.115. The van der Waals surface area contributed by atoms with Gasteiger partial charge >= 0.3 is 5.97 Å². The molecule has 0 spiro atoms. The molecule has 3 nitrogen and oxygen atoms in total. The second-order valence-electron chi connectivity index (χ2n) is 9.85. The molecule has 0 unspecified atom stereocenters. The normalized spacial score (nSPS) is 18.0. The molecular weight excluding hydrogens is 432 g/mol. The van der Waals surface area contributed by atoms with Crippen molar-refractivity contribution >= 4 is 16.7 Å². The summed E-state index contributed by atoms with van der Waals surface area (Å²) in [4.78, 5) is 11.7. The van der Waals surface area contributed by atoms with Crippen LogP contribution in [0.3, 0.4) is 0 Å². The third-order valence-electron chi connectivity index (χ3n) is 7.50. The first-order valence-electron chi connectivity index (χ1n) is 12.6. The predicted octanol–water partition coefficient (Wildman–Crippen LogP) is 8.10. The van der Waals surface area contributed by atoms with Gasteiger partial charge in [0.1, 0.15) is 5.75 Å². The zero-order valence-corrected chi connectivity index (χ0v) is 20.4. The second-order valence-corrected chi connectivity index (χ2v) is 9.85. The van der Waals surface area contributed by atoms with Crippen molar-refractivity contribution in [2.45, 2.75) is 57.5 Å². The summed E-state index contributed by atoms with van der Waals surface area (Å²) in [5, 5.41) is 12.3. The molecule has 0 saturated heterocycles. The van der Waals surface area contributed by atoms with E-state index in [1.54, 1.807) is 0 Å². The van der Waals surface area contributed by atoms with E-state index in [0.717, 1.165) is 48.1 Å². The van der Waals surface area contributed by atoms with E-state index in [0.29, 0.717) is 11.5 Å². The SMILES string of the molecule is Cc1ccc([C@@H]2C[C@H](CCC[C@H](C)c3cccc4ccccc34)Oc3ccccc32)cc1C(=O)O. The average molecular weight is 465 g/mol. The second kappa shape index (κ2) is 9.95. The largest absolute Gasteiger partial charge is 0.490 e. The van der Waals surface area contributed by atoms with Gasteiger partial charge in [-0.15, -0.1) is 0 Å². The van der Waals surface area contributed by atoms with Crippen LogP contribution >= 0.6 is 0 Å². The monoisotopic (exact) mass is 464 g/mol. The predicted molar refractivity (Wildman–Crippen MR) is 142 cm³/mol. The Morgan fingerprint density at radius 3 is 2.63 bits per heavy atom. The maximum absolute atomic E-state index is 11.7. The molecule has 0 aromatic heterocycles. The number of para-hydroxylation sites is 1. The van der Waals surface area contributed by atoms with Crippen LogP contribution in [0, 0.1) is 6.92 Å². The highest BCUT2D eigenvalue weighted by Gasteiger charge is 2.29. The Balaban J connectivity index is 1.31. The number of hydrogen-bond donors (Lipinski definition) is 1. The molecule has 0 amide bonds. The molecule has 0 aliphatic carbocycles. The highest BCUT2D eigenvalue weighted by Crippen LogP contribution is 2.42. The van der Waals surface area contributed by atoms with Crippen molar-refractivity contribution in [3.63, 3.8) is 0 Å². The Hall–Kier alpha value is -3.59. The van der Waals surface area contributed by atoms with Gasteiger partial charge in [-0.3, -0.25) is 0 Å². The van der Waals surface area contributed by atoms with Crippen molar-refractivity contribution in [3.8, 4) is 5.75 Å². The van der Waals surface area contributed by atoms with Gasteiger partial charge in [-0.05, 0) is 78.1 Å². The number of hydrogen-bond acceptors (Lipinski definition) is 2. The molecule has 1 heterocycles. The zero-order valence-electron chi connectivity index (χ0n) is 20.4. The molecule has 3 heteroatoms. The fourth-order valence-electron chi connectivity index (χ4n) is 5.56. The topological polar surface area (TPSA) is 46.5 Å². The van der Waals surface area contributed by atoms with E-state index in [9.17, 15) is 9.90 Å². The van der Waals surface area contributed by atoms with Gasteiger partial charge < -0.3 is 9.84 Å². The van der Waals surface area contributed by atoms with E-state index in [1.165, 1.54) is 16.3 Å². The molecule has 178 valence electrons. The Kier molecular flexibility index (Phi) is 6.59. The molecular formula is C32H32O3. The molecule has 4 aromatic carbocycles. The summed E-state index contributed by atoms with van der Waals surface area (Å²) in [5.74, 6) is 0.666. The van der Waals surface area contributed by atoms with Gasteiger partial charge in [0, 0.05) is 11.5 Å². The lowest BCUT2D eigenvalue weighted by Gasteiger charge is -2.33. The summed E-state index contributed by atoms with van der Waals surface area (Å²) >= 11 is 0. The molecule has 35 heavy (non-hydrogen) atoms. The molecule has 0 radical (unpaired) electrons. The minimum atomic E-state index is -0.872. The first kappa shape index (κ1) is 23.2. The molecule has 3 atom stereocenters. The Bertz CT molecular complexity index is 1350. The number of fused-ring (bicyclic) bond motifs is 2. The van der Waals surface area contributed by atoms with Crippen molar-refractivity contribution in [1.29, 1.82) is 0 Å². The lowest BCUT2D eigenvalue weighted by Crippen LogP contribution is -2.26. The zero-order chi connectivity index (χ0) is 24.4. The lowest BCUT2D eigenvalue weighted by molar-refractivity contribution is 0.0696. The summed E-state index contributed by atoms with van der Waals surface area (Å²) in [6.45, 7) is 4.17. The van der Waals surface area contributed by atoms with E-state index >= 15 is 0 Å². The van der Waals surface area contributed by atoms with E-state index in [1.807, 2.05) is 37.3 Å². The maximum atomic E-state index is 11.7. The van der Waals surface area contributed by atoms with Crippen molar-refractivity contribution in [2.75, 3.05) is 0 Å². The number of benzene rings is 4. The molecule has 1 N–H and O–H groups in total. The number of aromatic carboxylic acids is 1. The number of rotatable bonds is 7. The van der Waals surface area contributed by atoms with Crippen LogP contribution in [0.15, 0.2) is 84.9 Å². The van der Waals surface area contributed by atoms with Crippen LogP contribution in [0.4, 0.5) is 0 Å². The summed E-state index contributed by atoms with van der Waals surface area (Å²) in [6.07, 6.45) is 4.15. The van der Waals surface area contributed by atoms with Crippen LogP contribution < -0.4 is 4.74 Å². The third kappa shape index (κ3) is 4.81. The molecule has 0 fully saturated rings. The van der Waals surface area contributed by atoms with Crippen LogP contribution in [0.25, 0.3) is 10.8 Å². The van der Waals surface area contributed by atoms with Crippen molar-refractivity contribution in [2.24, 2.45) is 0 Å². The quantitative estimate of drug-likeness (QED) is 0.300. The van der Waals surface area contributed by atoms with Crippen LogP contribution in [-0.4, -0.2) is 17.2 Å². The van der Waals surface area contributed by atoms with E-state index in [4.69, 9.17) is 4.74 Å². The lowest BCUT2D eigenvalue weighted by atomic mass is 9.82. The van der Waals surface area contributed by atoms with Gasteiger partial charge in [-0.2, -0.15) is 0 Å². The van der Waals surface area contributed by atoms with Crippen LogP contribution in [0.2, 0.25) is 0 Å². The number of carbonyl (C=O) groups is 1. The Labute approximate surface area is 207 Å². The van der Waals surface area contributed by atoms with Crippen LogP contribution in [0.5, 0.6) is 5.75 Å². The number of carboxylic acid groups (broad SMARTS) is 1. The molecule has 1 aliphatic rings. The number of carboxylic acids is 1. The van der Waals surface area contributed by atoms with E-state index in [2.05, 4.69) is 61.5 Å². The smallest absolute Gasteiger partial charge is 0.335 e. The first-order valence-corrected chi connectivity index (χ1v) is 12.6. The highest BCUT2D eigenvalue weighted by atomic mass is 16.5. The van der Waals surface area contributed by atoms with Crippen LogP contribution in [-0.2, 0) is 0 Å². The molecule has 0 bridgehead atoms. The Morgan fingerprint density at radius 1 is 1.00 bits per heavy atom. The average Bonchev–Trinajstić information content (AvgIpc) is 2.88. The highest BCUT2D eigenvalue weighted by molar-refractivity contribution is 5.89. The number of ether oxygens (including phenoxy) is 1. The fourth-order valence-corrected chi connectivity index (χ4v) is 5.56. The summed E-state index contributed by atoms with van der Waals surface area (Å²) in [7, 11) is 0. The van der Waals surface area contributed by atoms with E-state index in [-0.39, 0.29) is 12.0 Å². The standard InChI is InChI=1S/C32H32O3/c1-21(26-15-8-11-23-10-3-4-13-27(23)26)9-7-12-25-20-30(28-14-5-6-16-31(28)35-25)24-18-17-22(2)29(19-24)32(33)34/h3-6,8,10-11,13-19,21,25,30H,7,9,12,20H2,1-2H3,(H,33,34)/t21-,25-,30-/m0/s1. The summed E-state index contributed by atoms with van der Waals surface area (Å²) < 4.78 is 6.43. The van der Waals surface area contributed by atoms with Crippen molar-refractivity contribution in [1.82, 2.24) is 0 Å². The van der Waals surface area contributed by atoms with Crippen molar-refractivity contribution < 1.29 is 14.6 Å². The fraction of sp³-hybridized carbons (Fsp3) is 0.281. The molecule has 5 rings (SSSR count). The first-order chi connectivity index (χ1) is 17.0. The van der Waals surface area contributed by atoms with Gasteiger partial charge in [-0.25, -0.2) is 4.79 Å². The van der Waals surface area contributed by atoms with Crippen molar-refractivity contribution in [3.05, 3.63) is 113 Å². The summed E-state index contributed by atoms with van der Waals surface area (Å²) in [6, 6.07) is 29.3. The molecule has 4 aromatic rings. The number of aryl methyl sites for hydroxylation is 1. The van der Waals surface area contributed by atoms with Gasteiger partial charge in [0.2, 0.25) is 0 Å². The van der Waals surface area contributed by atoms with Crippen LogP contribution in [0.1, 0.15) is 77.1 Å². The van der Waals surface area contributed by atoms with E-state index < -0.39 is 5.97 Å². The Morgan fingerprint density at radius 2 is 1.77 bits per heavy atom. The molecule has 1 aliphatic heterocycles. The van der Waals surface area contributed by atoms with Gasteiger partial charge in [-0.1, -0.05) is 79.7 Å². The van der Waals surface area contributed by atoms with Gasteiger partial charge in [0.05, 0.1) is 11.7 Å². The minimum Gasteiger partial charge on any atom is -0.490 e. The summed E-state index contributed by atoms with van der Waals surface area (Å²) in [5.41, 5.74) is 4.79. The van der Waals surface area contributed by atoms with Gasteiger partial charge in [0.25, 0.3) is 0 Å². The maximum Gasteiger partial charge on any atom is 0.335 e. The van der Waals surface area contributed by atoms with Gasteiger partial charge in [0.15, 0.2) is 0 Å². The molecule has 0 saturated carbocycles. The third-order valence-corrected chi connectivity index (χ3v) is 7.50.